The van der Waals surface area contributed by atoms with Crippen LogP contribution in [0.1, 0.15) is 4.88 Å². The zero-order valence-corrected chi connectivity index (χ0v) is 15.1. The first-order valence-electron chi connectivity index (χ1n) is 8.01. The highest BCUT2D eigenvalue weighted by Crippen LogP contribution is 2.26. The minimum atomic E-state index is 0.472. The number of benzene rings is 1. The van der Waals surface area contributed by atoms with Crippen LogP contribution in [0.15, 0.2) is 47.6 Å². The summed E-state index contributed by atoms with van der Waals surface area (Å²) in [5.41, 5.74) is 0.965. The lowest BCUT2D eigenvalue weighted by atomic mass is 10.2. The van der Waals surface area contributed by atoms with Gasteiger partial charge >= 0.3 is 0 Å². The van der Waals surface area contributed by atoms with Gasteiger partial charge < -0.3 is 9.64 Å². The molecule has 6 nitrogen and oxygen atoms in total. The molecule has 0 unspecified atom stereocenters. The number of thiophene rings is 1. The maximum absolute atomic E-state index is 5.40. The van der Waals surface area contributed by atoms with Gasteiger partial charge in [-0.2, -0.15) is 14.9 Å². The molecule has 4 rings (SSSR count). The molecular weight excluding hydrogens is 354 g/mol. The van der Waals surface area contributed by atoms with Crippen LogP contribution in [0.4, 0.5) is 5.00 Å². The maximum atomic E-state index is 5.40. The Bertz CT molecular complexity index is 922. The normalized spacial score (nSPS) is 15.1. The van der Waals surface area contributed by atoms with E-state index in [1.807, 2.05) is 36.5 Å². The third-order valence-electron chi connectivity index (χ3n) is 3.92. The first-order chi connectivity index (χ1) is 12.3. The summed E-state index contributed by atoms with van der Waals surface area (Å²) >= 11 is 7.02. The molecule has 0 spiro atoms. The lowest BCUT2D eigenvalue weighted by Crippen LogP contribution is -2.35. The van der Waals surface area contributed by atoms with Crippen molar-refractivity contribution in [2.45, 2.75) is 0 Å². The van der Waals surface area contributed by atoms with Crippen LogP contribution in [0.3, 0.4) is 0 Å². The molecule has 1 aliphatic rings. The molecule has 1 N–H and O–H groups in total. The van der Waals surface area contributed by atoms with Crippen molar-refractivity contribution in [3.8, 4) is 11.4 Å². The van der Waals surface area contributed by atoms with E-state index in [4.69, 9.17) is 17.0 Å². The molecule has 3 aromatic rings. The molecule has 2 aromatic heterocycles. The number of nitrogens with one attached hydrogen (secondary N) is 1. The second-order valence-electron chi connectivity index (χ2n) is 5.55. The number of nitrogens with zero attached hydrogens (tertiary/aromatic N) is 4. The van der Waals surface area contributed by atoms with Gasteiger partial charge in [0, 0.05) is 23.5 Å². The van der Waals surface area contributed by atoms with Gasteiger partial charge in [-0.3, -0.25) is 0 Å². The molecule has 1 fully saturated rings. The predicted molar refractivity (Wildman–Crippen MR) is 103 cm³/mol. The fourth-order valence-electron chi connectivity index (χ4n) is 2.65. The number of morpholine rings is 1. The number of hydrogen-bond donors (Lipinski definition) is 1. The van der Waals surface area contributed by atoms with Gasteiger partial charge in [0.1, 0.15) is 0 Å². The van der Waals surface area contributed by atoms with Crippen LogP contribution in [-0.4, -0.2) is 47.4 Å². The SMILES string of the molecule is S=c1[nH]nc(-c2ccccc2)n1/N=C/c1ccc(N2CCOCC2)s1. The Morgan fingerprint density at radius 3 is 2.76 bits per heavy atom. The standard InChI is InChI=1S/C17H17N5OS2/c24-17-20-19-16(13-4-2-1-3-5-13)22(17)18-12-14-6-7-15(25-14)21-8-10-23-11-9-21/h1-7,12H,8-11H2,(H,20,24)/b18-12+. The summed E-state index contributed by atoms with van der Waals surface area (Å²) in [6.45, 7) is 3.43. The molecule has 1 aliphatic heterocycles. The van der Waals surface area contributed by atoms with Gasteiger partial charge in [0.25, 0.3) is 0 Å². The molecule has 25 heavy (non-hydrogen) atoms. The van der Waals surface area contributed by atoms with Crippen LogP contribution in [0.2, 0.25) is 0 Å². The van der Waals surface area contributed by atoms with E-state index in [0.717, 1.165) is 36.7 Å². The van der Waals surface area contributed by atoms with E-state index in [0.29, 0.717) is 10.6 Å². The first kappa shape index (κ1) is 16.2. The second-order valence-corrected chi connectivity index (χ2v) is 7.03. The zero-order chi connectivity index (χ0) is 17.1. The summed E-state index contributed by atoms with van der Waals surface area (Å²) in [6, 6.07) is 14.1. The summed E-state index contributed by atoms with van der Waals surface area (Å²) in [5.74, 6) is 0.701. The average Bonchev–Trinajstić information content (AvgIpc) is 3.28. The second kappa shape index (κ2) is 7.30. The van der Waals surface area contributed by atoms with Gasteiger partial charge in [0.2, 0.25) is 4.77 Å². The van der Waals surface area contributed by atoms with Gasteiger partial charge in [-0.15, -0.1) is 11.3 Å². The van der Waals surface area contributed by atoms with E-state index in [1.165, 1.54) is 5.00 Å². The smallest absolute Gasteiger partial charge is 0.216 e. The monoisotopic (exact) mass is 371 g/mol. The van der Waals surface area contributed by atoms with Crippen LogP contribution in [-0.2, 0) is 4.74 Å². The highest BCUT2D eigenvalue weighted by atomic mass is 32.1. The third-order valence-corrected chi connectivity index (χ3v) is 5.26. The topological polar surface area (TPSA) is 58.4 Å². The number of aromatic nitrogens is 3. The third kappa shape index (κ3) is 3.55. The molecule has 0 bridgehead atoms. The summed E-state index contributed by atoms with van der Waals surface area (Å²) in [6.07, 6.45) is 1.83. The number of ether oxygens (including phenoxy) is 1. The molecule has 3 heterocycles. The quantitative estimate of drug-likeness (QED) is 0.564. The van der Waals surface area contributed by atoms with E-state index in [2.05, 4.69) is 32.3 Å². The summed E-state index contributed by atoms with van der Waals surface area (Å²) < 4.78 is 7.53. The van der Waals surface area contributed by atoms with E-state index in [9.17, 15) is 0 Å². The molecule has 0 radical (unpaired) electrons. The van der Waals surface area contributed by atoms with Crippen molar-refractivity contribution in [1.29, 1.82) is 0 Å². The Kier molecular flexibility index (Phi) is 4.73. The highest BCUT2D eigenvalue weighted by molar-refractivity contribution is 7.71. The van der Waals surface area contributed by atoms with Gasteiger partial charge in [-0.05, 0) is 24.4 Å². The molecule has 1 saturated heterocycles. The van der Waals surface area contributed by atoms with Crippen molar-refractivity contribution in [2.24, 2.45) is 5.10 Å². The molecule has 0 aliphatic carbocycles. The van der Waals surface area contributed by atoms with E-state index >= 15 is 0 Å². The highest BCUT2D eigenvalue weighted by Gasteiger charge is 2.13. The molecule has 128 valence electrons. The Hall–Kier alpha value is -2.29. The van der Waals surface area contributed by atoms with Gasteiger partial charge in [0.05, 0.1) is 24.4 Å². The number of H-pyrrole nitrogens is 1. The minimum Gasteiger partial charge on any atom is -0.378 e. The molecular formula is C17H17N5OS2. The van der Waals surface area contributed by atoms with Crippen molar-refractivity contribution >= 4 is 34.8 Å². The van der Waals surface area contributed by atoms with Crippen molar-refractivity contribution in [2.75, 3.05) is 31.2 Å². The van der Waals surface area contributed by atoms with Gasteiger partial charge in [0.15, 0.2) is 5.82 Å². The largest absolute Gasteiger partial charge is 0.378 e. The maximum Gasteiger partial charge on any atom is 0.216 e. The number of anilines is 1. The van der Waals surface area contributed by atoms with E-state index in [-0.39, 0.29) is 0 Å². The molecule has 1 aromatic carbocycles. The van der Waals surface area contributed by atoms with E-state index < -0.39 is 0 Å². The van der Waals surface area contributed by atoms with Crippen LogP contribution in [0.25, 0.3) is 11.4 Å². The van der Waals surface area contributed by atoms with Gasteiger partial charge in [-0.25, -0.2) is 5.10 Å². The van der Waals surface area contributed by atoms with Crippen LogP contribution in [0.5, 0.6) is 0 Å². The van der Waals surface area contributed by atoms with Crippen molar-refractivity contribution in [3.05, 3.63) is 52.1 Å². The lowest BCUT2D eigenvalue weighted by Gasteiger charge is -2.27. The summed E-state index contributed by atoms with van der Waals surface area (Å²) in [7, 11) is 0. The zero-order valence-electron chi connectivity index (χ0n) is 13.5. The van der Waals surface area contributed by atoms with Crippen molar-refractivity contribution in [1.82, 2.24) is 14.9 Å². The predicted octanol–water partition coefficient (Wildman–Crippen LogP) is 3.39. The van der Waals surface area contributed by atoms with Crippen molar-refractivity contribution in [3.63, 3.8) is 0 Å². The Labute approximate surface area is 154 Å². The number of hydrogen-bond acceptors (Lipinski definition) is 6. The van der Waals surface area contributed by atoms with Crippen LogP contribution in [0, 0.1) is 4.77 Å². The van der Waals surface area contributed by atoms with Crippen molar-refractivity contribution < 1.29 is 4.74 Å². The molecule has 0 amide bonds. The minimum absolute atomic E-state index is 0.472. The average molecular weight is 371 g/mol. The van der Waals surface area contributed by atoms with Gasteiger partial charge in [-0.1, -0.05) is 30.3 Å². The first-order valence-corrected chi connectivity index (χ1v) is 9.23. The summed E-state index contributed by atoms with van der Waals surface area (Å²) in [5, 5.41) is 12.9. The molecule has 8 heteroatoms. The fourth-order valence-corrected chi connectivity index (χ4v) is 3.76. The number of aromatic amines is 1. The van der Waals surface area contributed by atoms with Crippen LogP contribution >= 0.6 is 23.6 Å². The summed E-state index contributed by atoms with van der Waals surface area (Å²) in [4.78, 5) is 3.41. The Morgan fingerprint density at radius 2 is 1.96 bits per heavy atom. The molecule has 0 atom stereocenters. The Balaban J connectivity index is 1.58. The van der Waals surface area contributed by atoms with Crippen LogP contribution < -0.4 is 4.90 Å². The number of rotatable bonds is 4. The lowest BCUT2D eigenvalue weighted by molar-refractivity contribution is 0.123. The van der Waals surface area contributed by atoms with E-state index in [1.54, 1.807) is 16.0 Å². The Morgan fingerprint density at radius 1 is 1.16 bits per heavy atom. The fraction of sp³-hybridized carbons (Fsp3) is 0.235. The molecule has 0 saturated carbocycles.